The molecular weight excluding hydrogens is 366 g/mol. The van der Waals surface area contributed by atoms with Crippen molar-refractivity contribution in [3.05, 3.63) is 46.7 Å². The number of ether oxygens (including phenoxy) is 2. The van der Waals surface area contributed by atoms with E-state index in [1.807, 2.05) is 24.3 Å². The van der Waals surface area contributed by atoms with Crippen LogP contribution in [0, 0.1) is 0 Å². The Hall–Kier alpha value is -1.67. The highest BCUT2D eigenvalue weighted by atomic mass is 32.1. The predicted octanol–water partition coefficient (Wildman–Crippen LogP) is 2.09. The summed E-state index contributed by atoms with van der Waals surface area (Å²) in [7, 11) is 1.66. The summed E-state index contributed by atoms with van der Waals surface area (Å²) in [6, 6.07) is 12.6. The maximum absolute atomic E-state index is 5.56. The van der Waals surface area contributed by atoms with E-state index in [1.165, 1.54) is 4.88 Å². The zero-order chi connectivity index (χ0) is 18.4. The van der Waals surface area contributed by atoms with Crippen molar-refractivity contribution in [2.75, 3.05) is 38.7 Å². The summed E-state index contributed by atoms with van der Waals surface area (Å²) in [5, 5.41) is 9.48. The quantitative estimate of drug-likeness (QED) is 0.657. The Morgan fingerprint density at radius 2 is 2.00 bits per heavy atom. The molecule has 0 bridgehead atoms. The van der Waals surface area contributed by atoms with Gasteiger partial charge in [0.05, 0.1) is 36.9 Å². The van der Waals surface area contributed by atoms with Crippen molar-refractivity contribution in [3.63, 3.8) is 0 Å². The Balaban J connectivity index is 1.68. The van der Waals surface area contributed by atoms with Gasteiger partial charge in [0.15, 0.2) is 5.11 Å². The molecule has 1 aromatic heterocycles. The first-order chi connectivity index (χ1) is 12.7. The Bertz CT molecular complexity index is 703. The van der Waals surface area contributed by atoms with E-state index in [0.717, 1.165) is 37.7 Å². The Labute approximate surface area is 164 Å². The molecule has 140 valence electrons. The first-order valence-corrected chi connectivity index (χ1v) is 10.1. The number of thiophene rings is 1. The van der Waals surface area contributed by atoms with Gasteiger partial charge in [-0.05, 0) is 42.7 Å². The van der Waals surface area contributed by atoms with Gasteiger partial charge in [-0.2, -0.15) is 0 Å². The fourth-order valence-corrected chi connectivity index (χ4v) is 4.70. The summed E-state index contributed by atoms with van der Waals surface area (Å²) in [6.45, 7) is 5.85. The van der Waals surface area contributed by atoms with Gasteiger partial charge in [0, 0.05) is 0 Å². The molecule has 5 nitrogen and oxygen atoms in total. The van der Waals surface area contributed by atoms with Crippen LogP contribution >= 0.6 is 23.6 Å². The first-order valence-electron chi connectivity index (χ1n) is 8.85. The molecule has 1 aliphatic rings. The number of methoxy groups -OCH3 is 1. The summed E-state index contributed by atoms with van der Waals surface area (Å²) < 4.78 is 10.9. The molecule has 1 aromatic carbocycles. The third kappa shape index (κ3) is 4.73. The minimum Gasteiger partial charge on any atom is -0.495 e. The van der Waals surface area contributed by atoms with Gasteiger partial charge in [-0.1, -0.05) is 18.2 Å². The van der Waals surface area contributed by atoms with Crippen molar-refractivity contribution in [1.29, 1.82) is 0 Å². The zero-order valence-corrected chi connectivity index (χ0v) is 16.8. The number of morpholine rings is 1. The molecule has 1 saturated heterocycles. The van der Waals surface area contributed by atoms with Crippen molar-refractivity contribution < 1.29 is 14.4 Å². The maximum Gasteiger partial charge on any atom is 0.171 e. The van der Waals surface area contributed by atoms with Crippen molar-refractivity contribution in [1.82, 2.24) is 5.32 Å². The molecule has 1 aliphatic heterocycles. The second kappa shape index (κ2) is 9.32. The van der Waals surface area contributed by atoms with Gasteiger partial charge in [-0.15, -0.1) is 11.3 Å². The predicted molar refractivity (Wildman–Crippen MR) is 110 cm³/mol. The van der Waals surface area contributed by atoms with Gasteiger partial charge in [-0.25, -0.2) is 0 Å². The first kappa shape index (κ1) is 19.1. The third-order valence-electron chi connectivity index (χ3n) is 4.64. The van der Waals surface area contributed by atoms with E-state index >= 15 is 0 Å². The lowest BCUT2D eigenvalue weighted by molar-refractivity contribution is -0.939. The highest BCUT2D eigenvalue weighted by Gasteiger charge is 2.32. The molecule has 1 fully saturated rings. The van der Waals surface area contributed by atoms with E-state index in [0.29, 0.717) is 11.2 Å². The number of thiocarbonyl (C=S) groups is 1. The minimum atomic E-state index is 0.191. The topological polar surface area (TPSA) is 47.0 Å². The normalized spacial score (nSPS) is 17.3. The lowest BCUT2D eigenvalue weighted by Crippen LogP contribution is -3.15. The minimum absolute atomic E-state index is 0.191. The summed E-state index contributed by atoms with van der Waals surface area (Å²) in [6.07, 6.45) is 0. The second-order valence-corrected chi connectivity index (χ2v) is 7.74. The molecule has 3 rings (SSSR count). The van der Waals surface area contributed by atoms with Gasteiger partial charge in [-0.3, -0.25) is 0 Å². The van der Waals surface area contributed by atoms with Crippen LogP contribution in [0.1, 0.15) is 17.8 Å². The summed E-state index contributed by atoms with van der Waals surface area (Å²) >= 11 is 7.37. The smallest absolute Gasteiger partial charge is 0.171 e. The number of nitrogens with one attached hydrogen (secondary N) is 3. The average Bonchev–Trinajstić information content (AvgIpc) is 3.17. The van der Waals surface area contributed by atoms with E-state index in [1.54, 1.807) is 23.3 Å². The molecule has 0 unspecified atom stereocenters. The van der Waals surface area contributed by atoms with E-state index in [4.69, 9.17) is 21.7 Å². The van der Waals surface area contributed by atoms with Crippen LogP contribution in [0.5, 0.6) is 5.75 Å². The van der Waals surface area contributed by atoms with Crippen molar-refractivity contribution >= 4 is 34.4 Å². The van der Waals surface area contributed by atoms with E-state index < -0.39 is 0 Å². The van der Waals surface area contributed by atoms with Crippen LogP contribution in [0.2, 0.25) is 0 Å². The van der Waals surface area contributed by atoms with Crippen LogP contribution in [0.4, 0.5) is 5.69 Å². The van der Waals surface area contributed by atoms with Gasteiger partial charge >= 0.3 is 0 Å². The number of quaternary nitrogens is 1. The molecular formula is C19H26N3O2S2+. The van der Waals surface area contributed by atoms with Gasteiger partial charge < -0.3 is 25.0 Å². The van der Waals surface area contributed by atoms with Crippen LogP contribution in [-0.4, -0.2) is 44.6 Å². The van der Waals surface area contributed by atoms with Crippen molar-refractivity contribution in [2.24, 2.45) is 0 Å². The third-order valence-corrected chi connectivity index (χ3v) is 5.81. The SMILES string of the molecule is COc1ccccc1NC(=S)N[C@@H](C)[C@@H](c1cccs1)[NH+]1CCOCC1. The van der Waals surface area contributed by atoms with Crippen molar-refractivity contribution in [2.45, 2.75) is 19.0 Å². The van der Waals surface area contributed by atoms with Crippen LogP contribution < -0.4 is 20.3 Å². The number of anilines is 1. The Kier molecular flexibility index (Phi) is 6.85. The molecule has 26 heavy (non-hydrogen) atoms. The number of benzene rings is 1. The maximum atomic E-state index is 5.56. The summed E-state index contributed by atoms with van der Waals surface area (Å²) in [4.78, 5) is 2.92. The number of rotatable bonds is 6. The van der Waals surface area contributed by atoms with Crippen LogP contribution in [0.15, 0.2) is 41.8 Å². The standard InChI is InChI=1S/C19H25N3O2S2/c1-14(20-19(25)21-15-6-3-4-7-16(15)23-2)18(17-8-5-13-26-17)22-9-11-24-12-10-22/h3-8,13-14,18H,9-12H2,1-2H3,(H2,20,21,25)/p+1/t14-,18-/m0/s1. The Morgan fingerprint density at radius 1 is 1.23 bits per heavy atom. The van der Waals surface area contributed by atoms with Gasteiger partial charge in [0.2, 0.25) is 0 Å². The van der Waals surface area contributed by atoms with E-state index in [-0.39, 0.29) is 6.04 Å². The highest BCUT2D eigenvalue weighted by Crippen LogP contribution is 2.23. The number of hydrogen-bond acceptors (Lipinski definition) is 4. The molecule has 0 radical (unpaired) electrons. The number of para-hydroxylation sites is 2. The number of hydrogen-bond donors (Lipinski definition) is 3. The zero-order valence-electron chi connectivity index (χ0n) is 15.2. The fraction of sp³-hybridized carbons (Fsp3) is 0.421. The van der Waals surface area contributed by atoms with E-state index in [2.05, 4.69) is 35.1 Å². The molecule has 2 aromatic rings. The van der Waals surface area contributed by atoms with Crippen molar-refractivity contribution in [3.8, 4) is 5.75 Å². The molecule has 0 amide bonds. The summed E-state index contributed by atoms with van der Waals surface area (Å²) in [5.74, 6) is 0.776. The lowest BCUT2D eigenvalue weighted by atomic mass is 10.1. The van der Waals surface area contributed by atoms with Crippen LogP contribution in [0.25, 0.3) is 0 Å². The van der Waals surface area contributed by atoms with Gasteiger partial charge in [0.25, 0.3) is 0 Å². The van der Waals surface area contributed by atoms with Gasteiger partial charge in [0.1, 0.15) is 24.9 Å². The molecule has 2 heterocycles. The Morgan fingerprint density at radius 3 is 2.69 bits per heavy atom. The lowest BCUT2D eigenvalue weighted by Gasteiger charge is -2.35. The monoisotopic (exact) mass is 392 g/mol. The van der Waals surface area contributed by atoms with E-state index in [9.17, 15) is 0 Å². The average molecular weight is 393 g/mol. The van der Waals surface area contributed by atoms with Crippen LogP contribution in [0.3, 0.4) is 0 Å². The molecule has 0 aliphatic carbocycles. The molecule has 0 saturated carbocycles. The summed E-state index contributed by atoms with van der Waals surface area (Å²) in [5.41, 5.74) is 0.867. The largest absolute Gasteiger partial charge is 0.495 e. The highest BCUT2D eigenvalue weighted by molar-refractivity contribution is 7.80. The fourth-order valence-electron chi connectivity index (χ4n) is 3.41. The molecule has 7 heteroatoms. The van der Waals surface area contributed by atoms with Crippen LogP contribution in [-0.2, 0) is 4.74 Å². The second-order valence-electron chi connectivity index (χ2n) is 6.35. The molecule has 2 atom stereocenters. The molecule has 0 spiro atoms. The molecule has 3 N–H and O–H groups in total.